The molecule has 1 aromatic rings. The molecule has 1 aromatic carbocycles. The van der Waals surface area contributed by atoms with Crippen LogP contribution in [0.3, 0.4) is 0 Å². The number of nitrogens with one attached hydrogen (secondary N) is 1. The van der Waals surface area contributed by atoms with Crippen LogP contribution in [0.5, 0.6) is 0 Å². The first-order valence-corrected chi connectivity index (χ1v) is 6.83. The second-order valence-electron chi connectivity index (χ2n) is 4.44. The molecule has 0 aromatic heterocycles. The summed E-state index contributed by atoms with van der Waals surface area (Å²) in [5.74, 6) is 0. The molecule has 1 N–H and O–H groups in total. The molecule has 0 aliphatic carbocycles. The fourth-order valence-corrected chi connectivity index (χ4v) is 2.10. The summed E-state index contributed by atoms with van der Waals surface area (Å²) in [5.41, 5.74) is 1.41. The van der Waals surface area contributed by atoms with Gasteiger partial charge in [-0.05, 0) is 41.3 Å². The van der Waals surface area contributed by atoms with Gasteiger partial charge in [-0.15, -0.1) is 0 Å². The molecule has 90 valence electrons. The van der Waals surface area contributed by atoms with E-state index in [1.807, 2.05) is 0 Å². The van der Waals surface area contributed by atoms with Gasteiger partial charge in [0.05, 0.1) is 0 Å². The number of benzene rings is 1. The van der Waals surface area contributed by atoms with Crippen molar-refractivity contribution < 1.29 is 0 Å². The third-order valence-electron chi connectivity index (χ3n) is 2.44. The van der Waals surface area contributed by atoms with Gasteiger partial charge in [-0.3, -0.25) is 0 Å². The Morgan fingerprint density at radius 3 is 2.62 bits per heavy atom. The third-order valence-corrected chi connectivity index (χ3v) is 3.50. The van der Waals surface area contributed by atoms with Gasteiger partial charge in [0, 0.05) is 29.2 Å². The minimum Gasteiger partial charge on any atom is -0.313 e. The topological polar surface area (TPSA) is 15.3 Å². The summed E-state index contributed by atoms with van der Waals surface area (Å²) in [6, 6.07) is 9.14. The van der Waals surface area contributed by atoms with E-state index in [1.54, 1.807) is 0 Å². The Balaban J connectivity index is 2.34. The molecule has 1 rings (SSSR count). The molecule has 0 radical (unpaired) electrons. The normalized spacial score (nSPS) is 11.4. The number of hydrogen-bond acceptors (Lipinski definition) is 2. The minimum atomic E-state index is 0.574. The fourth-order valence-electron chi connectivity index (χ4n) is 1.54. The van der Waals surface area contributed by atoms with Crippen molar-refractivity contribution in [2.75, 3.05) is 20.1 Å². The van der Waals surface area contributed by atoms with Crippen LogP contribution in [0.1, 0.15) is 19.4 Å². The SMILES string of the molecule is CC(C)NCCN(C)Cc1ccccc1I. The number of likely N-dealkylation sites (N-methyl/N-ethyl adjacent to an activating group) is 1. The summed E-state index contributed by atoms with van der Waals surface area (Å²) >= 11 is 2.40. The van der Waals surface area contributed by atoms with Crippen molar-refractivity contribution in [1.82, 2.24) is 10.2 Å². The van der Waals surface area contributed by atoms with Crippen LogP contribution in [0, 0.1) is 3.57 Å². The van der Waals surface area contributed by atoms with Crippen LogP contribution in [0.2, 0.25) is 0 Å². The van der Waals surface area contributed by atoms with E-state index >= 15 is 0 Å². The highest BCUT2D eigenvalue weighted by Crippen LogP contribution is 2.12. The van der Waals surface area contributed by atoms with Crippen LogP contribution < -0.4 is 5.32 Å². The largest absolute Gasteiger partial charge is 0.313 e. The quantitative estimate of drug-likeness (QED) is 0.806. The van der Waals surface area contributed by atoms with Crippen LogP contribution in [0.4, 0.5) is 0 Å². The smallest absolute Gasteiger partial charge is 0.0241 e. The van der Waals surface area contributed by atoms with E-state index < -0.39 is 0 Å². The predicted molar refractivity (Wildman–Crippen MR) is 78.6 cm³/mol. The molecule has 16 heavy (non-hydrogen) atoms. The average molecular weight is 332 g/mol. The molecule has 3 heteroatoms. The van der Waals surface area contributed by atoms with E-state index in [9.17, 15) is 0 Å². The van der Waals surface area contributed by atoms with Crippen LogP contribution in [-0.4, -0.2) is 31.1 Å². The standard InChI is InChI=1S/C13H21IN2/c1-11(2)15-8-9-16(3)10-12-6-4-5-7-13(12)14/h4-7,11,15H,8-10H2,1-3H3. The van der Waals surface area contributed by atoms with Crippen molar-refractivity contribution in [2.45, 2.75) is 26.4 Å². The maximum atomic E-state index is 3.43. The van der Waals surface area contributed by atoms with Gasteiger partial charge in [0.1, 0.15) is 0 Å². The molecule has 2 nitrogen and oxygen atoms in total. The minimum absolute atomic E-state index is 0.574. The maximum absolute atomic E-state index is 3.43. The summed E-state index contributed by atoms with van der Waals surface area (Å²) in [7, 11) is 2.17. The Bertz CT molecular complexity index is 313. The van der Waals surface area contributed by atoms with Crippen LogP contribution >= 0.6 is 22.6 Å². The van der Waals surface area contributed by atoms with E-state index in [0.29, 0.717) is 6.04 Å². The maximum Gasteiger partial charge on any atom is 0.0241 e. The lowest BCUT2D eigenvalue weighted by Gasteiger charge is -2.18. The highest BCUT2D eigenvalue weighted by molar-refractivity contribution is 14.1. The van der Waals surface area contributed by atoms with Gasteiger partial charge < -0.3 is 10.2 Å². The van der Waals surface area contributed by atoms with Gasteiger partial charge in [0.2, 0.25) is 0 Å². The molecule has 0 aliphatic rings. The Morgan fingerprint density at radius 2 is 2.00 bits per heavy atom. The van der Waals surface area contributed by atoms with Gasteiger partial charge >= 0.3 is 0 Å². The molecule has 0 saturated heterocycles. The van der Waals surface area contributed by atoms with Gasteiger partial charge in [-0.2, -0.15) is 0 Å². The van der Waals surface area contributed by atoms with Gasteiger partial charge in [-0.25, -0.2) is 0 Å². The van der Waals surface area contributed by atoms with E-state index in [2.05, 4.69) is 78.0 Å². The fraction of sp³-hybridized carbons (Fsp3) is 0.538. The zero-order valence-corrected chi connectivity index (χ0v) is 12.5. The number of hydrogen-bond donors (Lipinski definition) is 1. The number of halogens is 1. The second kappa shape index (κ2) is 7.25. The molecule has 0 heterocycles. The van der Waals surface area contributed by atoms with Crippen molar-refractivity contribution in [3.05, 3.63) is 33.4 Å². The van der Waals surface area contributed by atoms with Gasteiger partial charge in [0.25, 0.3) is 0 Å². The van der Waals surface area contributed by atoms with Crippen molar-refractivity contribution in [3.8, 4) is 0 Å². The second-order valence-corrected chi connectivity index (χ2v) is 5.60. The number of rotatable bonds is 6. The molecule has 0 fully saturated rings. The lowest BCUT2D eigenvalue weighted by Crippen LogP contribution is -2.32. The van der Waals surface area contributed by atoms with Crippen molar-refractivity contribution in [3.63, 3.8) is 0 Å². The zero-order chi connectivity index (χ0) is 12.0. The van der Waals surface area contributed by atoms with E-state index in [1.165, 1.54) is 9.13 Å². The van der Waals surface area contributed by atoms with Crippen LogP contribution in [0.25, 0.3) is 0 Å². The van der Waals surface area contributed by atoms with Crippen molar-refractivity contribution in [1.29, 1.82) is 0 Å². The van der Waals surface area contributed by atoms with Crippen molar-refractivity contribution in [2.24, 2.45) is 0 Å². The summed E-state index contributed by atoms with van der Waals surface area (Å²) < 4.78 is 1.35. The van der Waals surface area contributed by atoms with E-state index in [0.717, 1.165) is 19.6 Å². The lowest BCUT2D eigenvalue weighted by atomic mass is 10.2. The predicted octanol–water partition coefficient (Wildman–Crippen LogP) is 2.72. The highest BCUT2D eigenvalue weighted by atomic mass is 127. The number of nitrogens with zero attached hydrogens (tertiary/aromatic N) is 1. The first-order valence-electron chi connectivity index (χ1n) is 5.75. The molecule has 0 amide bonds. The Morgan fingerprint density at radius 1 is 1.31 bits per heavy atom. The summed E-state index contributed by atoms with van der Waals surface area (Å²) in [4.78, 5) is 2.35. The summed E-state index contributed by atoms with van der Waals surface area (Å²) in [5, 5.41) is 3.43. The Labute approximate surface area is 113 Å². The molecule has 0 saturated carbocycles. The van der Waals surface area contributed by atoms with Crippen molar-refractivity contribution >= 4 is 22.6 Å². The molecule has 0 bridgehead atoms. The molecule has 0 aliphatic heterocycles. The van der Waals surface area contributed by atoms with Crippen LogP contribution in [0.15, 0.2) is 24.3 Å². The summed E-state index contributed by atoms with van der Waals surface area (Å²) in [6.07, 6.45) is 0. The lowest BCUT2D eigenvalue weighted by molar-refractivity contribution is 0.319. The molecular formula is C13H21IN2. The first kappa shape index (κ1) is 13.9. The third kappa shape index (κ3) is 5.27. The molecular weight excluding hydrogens is 311 g/mol. The first-order chi connectivity index (χ1) is 7.59. The Hall–Kier alpha value is -0.130. The average Bonchev–Trinajstić information content (AvgIpc) is 2.21. The molecule has 0 spiro atoms. The zero-order valence-electron chi connectivity index (χ0n) is 10.3. The van der Waals surface area contributed by atoms with Gasteiger partial charge in [0.15, 0.2) is 0 Å². The van der Waals surface area contributed by atoms with Crippen LogP contribution in [-0.2, 0) is 6.54 Å². The Kier molecular flexibility index (Phi) is 6.31. The molecule has 0 atom stereocenters. The van der Waals surface area contributed by atoms with E-state index in [4.69, 9.17) is 0 Å². The van der Waals surface area contributed by atoms with Gasteiger partial charge in [-0.1, -0.05) is 32.0 Å². The molecule has 0 unspecified atom stereocenters. The van der Waals surface area contributed by atoms with E-state index in [-0.39, 0.29) is 0 Å². The monoisotopic (exact) mass is 332 g/mol. The highest BCUT2D eigenvalue weighted by Gasteiger charge is 2.03. The summed E-state index contributed by atoms with van der Waals surface area (Å²) in [6.45, 7) is 7.53.